The van der Waals surface area contributed by atoms with Crippen LogP contribution in [0.1, 0.15) is 59.9 Å². The molecule has 0 saturated carbocycles. The first-order chi connectivity index (χ1) is 10.5. The Morgan fingerprint density at radius 1 is 1.50 bits per heavy atom. The third-order valence-corrected chi connectivity index (χ3v) is 5.77. The summed E-state index contributed by atoms with van der Waals surface area (Å²) < 4.78 is 0.731. The van der Waals surface area contributed by atoms with Crippen molar-refractivity contribution in [3.63, 3.8) is 0 Å². The number of nitrogens with one attached hydrogen (secondary N) is 2. The molecule has 0 saturated heterocycles. The molecule has 7 heteroatoms. The Morgan fingerprint density at radius 2 is 2.27 bits per heavy atom. The monoisotopic (exact) mass is 382 g/mol. The van der Waals surface area contributed by atoms with E-state index in [4.69, 9.17) is 0 Å². The summed E-state index contributed by atoms with van der Waals surface area (Å²) in [5.41, 5.74) is 2.45. The van der Waals surface area contributed by atoms with Crippen LogP contribution in [0.3, 0.4) is 0 Å². The molecule has 2 aromatic heterocycles. The topological polar surface area (TPSA) is 70.7 Å². The van der Waals surface area contributed by atoms with Crippen molar-refractivity contribution in [2.24, 2.45) is 5.92 Å². The van der Waals surface area contributed by atoms with Crippen LogP contribution in [0.2, 0.25) is 0 Å². The molecule has 0 bridgehead atoms. The van der Waals surface area contributed by atoms with Gasteiger partial charge < -0.3 is 0 Å². The molecule has 0 fully saturated rings. The fourth-order valence-corrected chi connectivity index (χ4v) is 4.61. The van der Waals surface area contributed by atoms with Crippen molar-refractivity contribution in [3.8, 4) is 0 Å². The van der Waals surface area contributed by atoms with Crippen molar-refractivity contribution in [1.29, 1.82) is 0 Å². The van der Waals surface area contributed by atoms with Crippen molar-refractivity contribution in [2.45, 2.75) is 46.0 Å². The zero-order chi connectivity index (χ0) is 15.9. The van der Waals surface area contributed by atoms with E-state index in [1.54, 1.807) is 11.3 Å². The third kappa shape index (κ3) is 2.96. The number of rotatable bonds is 3. The number of H-pyrrole nitrogens is 1. The van der Waals surface area contributed by atoms with E-state index in [0.29, 0.717) is 16.7 Å². The van der Waals surface area contributed by atoms with Crippen LogP contribution in [-0.4, -0.2) is 21.1 Å². The Morgan fingerprint density at radius 3 is 2.95 bits per heavy atom. The zero-order valence-corrected chi connectivity index (χ0v) is 15.3. The summed E-state index contributed by atoms with van der Waals surface area (Å²) in [6.45, 7) is 6.36. The summed E-state index contributed by atoms with van der Waals surface area (Å²) >= 11 is 5.04. The summed E-state index contributed by atoms with van der Waals surface area (Å²) in [6.07, 6.45) is 3.24. The molecule has 22 heavy (non-hydrogen) atoms. The molecular weight excluding hydrogens is 364 g/mol. The lowest BCUT2D eigenvalue weighted by atomic mass is 9.93. The molecule has 1 atom stereocenters. The van der Waals surface area contributed by atoms with Crippen LogP contribution >= 0.6 is 27.3 Å². The molecule has 1 aliphatic carbocycles. The largest absolute Gasteiger partial charge is 0.296 e. The second-order valence-electron chi connectivity index (χ2n) is 6.15. The minimum atomic E-state index is -0.228. The molecule has 1 aliphatic rings. The second-order valence-corrected chi connectivity index (χ2v) is 8.02. The van der Waals surface area contributed by atoms with E-state index < -0.39 is 0 Å². The van der Waals surface area contributed by atoms with Gasteiger partial charge in [0.2, 0.25) is 0 Å². The van der Waals surface area contributed by atoms with Gasteiger partial charge in [0.25, 0.3) is 5.91 Å². The summed E-state index contributed by atoms with van der Waals surface area (Å²) in [5.74, 6) is 0.747. The van der Waals surface area contributed by atoms with Crippen molar-refractivity contribution >= 4 is 38.3 Å². The lowest BCUT2D eigenvalue weighted by molar-refractivity contribution is 0.102. The molecule has 2 N–H and O–H groups in total. The lowest BCUT2D eigenvalue weighted by Gasteiger charge is -2.15. The predicted octanol–water partition coefficient (Wildman–Crippen LogP) is 4.13. The normalized spacial score (nSPS) is 17.6. The SMILES string of the molecule is CC1CCc2nc(NC(=O)c3n[nH]c(C(C)C)c3Br)sc2C1. The van der Waals surface area contributed by atoms with Gasteiger partial charge in [0.15, 0.2) is 10.8 Å². The summed E-state index contributed by atoms with van der Waals surface area (Å²) in [5, 5.41) is 10.6. The van der Waals surface area contributed by atoms with E-state index in [2.05, 4.69) is 57.2 Å². The average molecular weight is 383 g/mol. The molecule has 0 aromatic carbocycles. The number of hydrogen-bond acceptors (Lipinski definition) is 4. The number of aromatic nitrogens is 3. The van der Waals surface area contributed by atoms with Crippen molar-refractivity contribution in [3.05, 3.63) is 26.4 Å². The number of halogens is 1. The third-order valence-electron chi connectivity index (χ3n) is 3.93. The summed E-state index contributed by atoms with van der Waals surface area (Å²) in [4.78, 5) is 18.3. The maximum atomic E-state index is 12.4. The molecule has 3 rings (SSSR count). The second kappa shape index (κ2) is 6.12. The Bertz CT molecular complexity index is 706. The molecule has 2 heterocycles. The smallest absolute Gasteiger partial charge is 0.279 e. The Hall–Kier alpha value is -1.21. The highest BCUT2D eigenvalue weighted by Crippen LogP contribution is 2.33. The predicted molar refractivity (Wildman–Crippen MR) is 91.6 cm³/mol. The molecule has 0 aliphatic heterocycles. The van der Waals surface area contributed by atoms with E-state index in [0.717, 1.165) is 28.7 Å². The van der Waals surface area contributed by atoms with Crippen LogP contribution in [0.15, 0.2) is 4.47 Å². The quantitative estimate of drug-likeness (QED) is 0.837. The van der Waals surface area contributed by atoms with Crippen LogP contribution in [0.5, 0.6) is 0 Å². The Labute approximate surface area is 142 Å². The number of amides is 1. The van der Waals surface area contributed by atoms with E-state index in [9.17, 15) is 4.79 Å². The number of aromatic amines is 1. The average Bonchev–Trinajstić information content (AvgIpc) is 3.01. The fraction of sp³-hybridized carbons (Fsp3) is 0.533. The van der Waals surface area contributed by atoms with Gasteiger partial charge in [-0.2, -0.15) is 5.10 Å². The standard InChI is InChI=1S/C15H19BrN4OS/c1-7(2)12-11(16)13(20-19-12)14(21)18-15-17-9-5-4-8(3)6-10(9)22-15/h7-8H,4-6H2,1-3H3,(H,19,20)(H,17,18,21). The van der Waals surface area contributed by atoms with Crippen molar-refractivity contribution < 1.29 is 4.79 Å². The number of nitrogens with zero attached hydrogens (tertiary/aromatic N) is 2. The lowest BCUT2D eigenvalue weighted by Crippen LogP contribution is -2.13. The fourth-order valence-electron chi connectivity index (χ4n) is 2.62. The van der Waals surface area contributed by atoms with Gasteiger partial charge in [0.1, 0.15) is 0 Å². The number of aryl methyl sites for hydroxylation is 1. The summed E-state index contributed by atoms with van der Waals surface area (Å²) in [7, 11) is 0. The number of thiazole rings is 1. The minimum Gasteiger partial charge on any atom is -0.296 e. The van der Waals surface area contributed by atoms with Crippen LogP contribution in [0.25, 0.3) is 0 Å². The van der Waals surface area contributed by atoms with Gasteiger partial charge in [-0.05, 0) is 47.0 Å². The van der Waals surface area contributed by atoms with Crippen LogP contribution < -0.4 is 5.32 Å². The van der Waals surface area contributed by atoms with Gasteiger partial charge in [-0.1, -0.05) is 20.8 Å². The molecular formula is C15H19BrN4OS. The maximum Gasteiger partial charge on any atom is 0.279 e. The molecule has 0 radical (unpaired) electrons. The molecule has 5 nitrogen and oxygen atoms in total. The first-order valence-corrected chi connectivity index (χ1v) is 9.10. The first-order valence-electron chi connectivity index (χ1n) is 7.49. The van der Waals surface area contributed by atoms with Gasteiger partial charge in [0.05, 0.1) is 15.9 Å². The Kier molecular flexibility index (Phi) is 4.36. The molecule has 2 aromatic rings. The van der Waals surface area contributed by atoms with E-state index in [1.165, 1.54) is 11.3 Å². The number of fused-ring (bicyclic) bond motifs is 1. The molecule has 1 amide bonds. The van der Waals surface area contributed by atoms with Crippen LogP contribution in [-0.2, 0) is 12.8 Å². The van der Waals surface area contributed by atoms with Gasteiger partial charge in [-0.25, -0.2) is 4.98 Å². The number of carbonyl (C=O) groups is 1. The van der Waals surface area contributed by atoms with Gasteiger partial charge in [-0.15, -0.1) is 11.3 Å². The van der Waals surface area contributed by atoms with Gasteiger partial charge in [-0.3, -0.25) is 15.2 Å². The van der Waals surface area contributed by atoms with Crippen molar-refractivity contribution in [2.75, 3.05) is 5.32 Å². The maximum absolute atomic E-state index is 12.4. The van der Waals surface area contributed by atoms with Crippen molar-refractivity contribution in [1.82, 2.24) is 15.2 Å². The Balaban J connectivity index is 1.77. The summed E-state index contributed by atoms with van der Waals surface area (Å²) in [6, 6.07) is 0. The molecule has 118 valence electrons. The highest BCUT2D eigenvalue weighted by molar-refractivity contribution is 9.10. The van der Waals surface area contributed by atoms with Crippen LogP contribution in [0, 0.1) is 5.92 Å². The van der Waals surface area contributed by atoms with E-state index >= 15 is 0 Å². The van der Waals surface area contributed by atoms with Gasteiger partial charge in [0, 0.05) is 4.88 Å². The van der Waals surface area contributed by atoms with E-state index in [1.807, 2.05) is 0 Å². The molecule has 0 spiro atoms. The number of hydrogen-bond donors (Lipinski definition) is 2. The van der Waals surface area contributed by atoms with E-state index in [-0.39, 0.29) is 11.8 Å². The van der Waals surface area contributed by atoms with Gasteiger partial charge >= 0.3 is 0 Å². The zero-order valence-electron chi connectivity index (χ0n) is 12.9. The first kappa shape index (κ1) is 15.7. The number of carbonyl (C=O) groups excluding carboxylic acids is 1. The molecule has 1 unspecified atom stereocenters. The highest BCUT2D eigenvalue weighted by Gasteiger charge is 2.23. The number of anilines is 1. The van der Waals surface area contributed by atoms with Crippen LogP contribution in [0.4, 0.5) is 5.13 Å². The highest BCUT2D eigenvalue weighted by atomic mass is 79.9. The minimum absolute atomic E-state index is 0.228.